The maximum atomic E-state index is 11.0. The van der Waals surface area contributed by atoms with Gasteiger partial charge in [-0.1, -0.05) is 171 Å². The van der Waals surface area contributed by atoms with E-state index in [1.165, 1.54) is 229 Å². The molecular formula is C74H101N4O10+. The van der Waals surface area contributed by atoms with Crippen LogP contribution in [0.15, 0.2) is 146 Å². The van der Waals surface area contributed by atoms with Gasteiger partial charge in [0.1, 0.15) is 23.8 Å². The van der Waals surface area contributed by atoms with E-state index in [-0.39, 0.29) is 38.4 Å². The first kappa shape index (κ1) is 69.9. The molecule has 0 saturated carbocycles. The summed E-state index contributed by atoms with van der Waals surface area (Å²) in [5.74, 6) is 2.56. The van der Waals surface area contributed by atoms with E-state index in [9.17, 15) is 35.4 Å². The smallest absolute Gasteiger partial charge is 0.269 e. The SMILES string of the molecule is O=[N+]([O-])c1ccc(-c2ccc(OCCCCCCCCCCCC[N+](CCO)(CCCCCCCCCCCCOc3ccc(-c4ccc([N+](=O)[O-])cc4)cc3)CCCCCCCCCCCCOc3ccc(-c4ccc([N+](=O)[O-])cc4)cc3)cc2)cc1. The number of hydrogen-bond acceptors (Lipinski definition) is 10. The summed E-state index contributed by atoms with van der Waals surface area (Å²) in [4.78, 5) is 31.8. The lowest BCUT2D eigenvalue weighted by atomic mass is 10.0. The predicted octanol–water partition coefficient (Wildman–Crippen LogP) is 20.5. The fourth-order valence-electron chi connectivity index (χ4n) is 11.9. The molecule has 0 aliphatic carbocycles. The number of non-ortho nitro benzene ring substituents is 3. The van der Waals surface area contributed by atoms with Crippen LogP contribution in [0.4, 0.5) is 17.1 Å². The van der Waals surface area contributed by atoms with Crippen molar-refractivity contribution in [3.05, 3.63) is 176 Å². The third-order valence-corrected chi connectivity index (χ3v) is 17.3. The van der Waals surface area contributed by atoms with Crippen molar-refractivity contribution in [2.45, 2.75) is 193 Å². The zero-order valence-corrected chi connectivity index (χ0v) is 52.6. The first-order chi connectivity index (χ1) is 43.1. The molecule has 0 aliphatic rings. The zero-order chi connectivity index (χ0) is 62.1. The number of hydrogen-bond donors (Lipinski definition) is 1. The average molecular weight is 1210 g/mol. The predicted molar refractivity (Wildman–Crippen MR) is 357 cm³/mol. The first-order valence-electron chi connectivity index (χ1n) is 33.5. The van der Waals surface area contributed by atoms with E-state index in [0.717, 1.165) is 80.9 Å². The van der Waals surface area contributed by atoms with Crippen LogP contribution in [-0.2, 0) is 0 Å². The molecule has 476 valence electrons. The van der Waals surface area contributed by atoms with Crippen LogP contribution in [-0.4, -0.2) is 77.0 Å². The highest BCUT2D eigenvalue weighted by Gasteiger charge is 2.26. The highest BCUT2D eigenvalue weighted by Crippen LogP contribution is 2.29. The molecule has 0 aliphatic heterocycles. The van der Waals surface area contributed by atoms with E-state index in [1.807, 2.05) is 72.8 Å². The lowest BCUT2D eigenvalue weighted by Gasteiger charge is -2.39. The van der Waals surface area contributed by atoms with Gasteiger partial charge in [-0.25, -0.2) is 0 Å². The van der Waals surface area contributed by atoms with Gasteiger partial charge in [0.05, 0.1) is 60.8 Å². The summed E-state index contributed by atoms with van der Waals surface area (Å²) in [6.45, 7) is 6.84. The number of rotatable bonds is 50. The van der Waals surface area contributed by atoms with E-state index in [4.69, 9.17) is 14.2 Å². The molecule has 0 bridgehead atoms. The molecule has 0 unspecified atom stereocenters. The molecule has 88 heavy (non-hydrogen) atoms. The number of aliphatic hydroxyl groups excluding tert-OH is 1. The lowest BCUT2D eigenvalue weighted by molar-refractivity contribution is -0.929. The minimum atomic E-state index is -0.379. The molecule has 6 rings (SSSR count). The Balaban J connectivity index is 0.794. The Morgan fingerprint density at radius 3 is 0.636 bits per heavy atom. The van der Waals surface area contributed by atoms with E-state index in [2.05, 4.69) is 0 Å². The number of unbranched alkanes of at least 4 members (excludes halogenated alkanes) is 27. The second-order valence-electron chi connectivity index (χ2n) is 24.1. The highest BCUT2D eigenvalue weighted by molar-refractivity contribution is 5.67. The summed E-state index contributed by atoms with van der Waals surface area (Å²) in [7, 11) is 0. The minimum Gasteiger partial charge on any atom is -0.494 e. The van der Waals surface area contributed by atoms with Crippen molar-refractivity contribution in [3.8, 4) is 50.6 Å². The van der Waals surface area contributed by atoms with Crippen LogP contribution in [0.3, 0.4) is 0 Å². The van der Waals surface area contributed by atoms with Crippen molar-refractivity contribution < 1.29 is 38.6 Å². The number of quaternary nitrogens is 1. The summed E-state index contributed by atoms with van der Waals surface area (Å²) in [6.07, 6.45) is 37.4. The summed E-state index contributed by atoms with van der Waals surface area (Å²) < 4.78 is 19.1. The number of benzene rings is 6. The molecule has 14 heteroatoms. The fraction of sp³-hybridized carbons (Fsp3) is 0.514. The Bertz CT molecular complexity index is 2520. The highest BCUT2D eigenvalue weighted by atomic mass is 16.6. The van der Waals surface area contributed by atoms with Gasteiger partial charge in [0.25, 0.3) is 17.1 Å². The topological polar surface area (TPSA) is 177 Å². The van der Waals surface area contributed by atoms with Crippen molar-refractivity contribution in [1.82, 2.24) is 0 Å². The molecular weight excluding hydrogens is 1100 g/mol. The van der Waals surface area contributed by atoms with Crippen molar-refractivity contribution >= 4 is 17.1 Å². The van der Waals surface area contributed by atoms with E-state index < -0.39 is 0 Å². The van der Waals surface area contributed by atoms with Gasteiger partial charge in [0.2, 0.25) is 0 Å². The van der Waals surface area contributed by atoms with Gasteiger partial charge in [-0.15, -0.1) is 0 Å². The molecule has 0 radical (unpaired) electrons. The Morgan fingerprint density at radius 1 is 0.261 bits per heavy atom. The largest absolute Gasteiger partial charge is 0.494 e. The number of nitrogens with zero attached hydrogens (tertiary/aromatic N) is 4. The number of nitro groups is 3. The van der Waals surface area contributed by atoms with Crippen LogP contribution in [0.1, 0.15) is 193 Å². The normalized spacial score (nSPS) is 11.4. The van der Waals surface area contributed by atoms with Crippen LogP contribution in [0.5, 0.6) is 17.2 Å². The molecule has 1 N–H and O–H groups in total. The number of aliphatic hydroxyl groups is 1. The molecule has 0 spiro atoms. The monoisotopic (exact) mass is 1210 g/mol. The Morgan fingerprint density at radius 2 is 0.443 bits per heavy atom. The van der Waals surface area contributed by atoms with Crippen molar-refractivity contribution in [2.75, 3.05) is 52.6 Å². The van der Waals surface area contributed by atoms with E-state index in [1.54, 1.807) is 36.4 Å². The van der Waals surface area contributed by atoms with E-state index >= 15 is 0 Å². The van der Waals surface area contributed by atoms with Gasteiger partial charge in [-0.2, -0.15) is 0 Å². The Hall–Kier alpha value is -7.16. The van der Waals surface area contributed by atoms with Crippen LogP contribution < -0.4 is 14.2 Å². The maximum Gasteiger partial charge on any atom is 0.269 e. The minimum absolute atomic E-state index is 0.0943. The summed E-state index contributed by atoms with van der Waals surface area (Å²) >= 11 is 0. The summed E-state index contributed by atoms with van der Waals surface area (Å²) in [5.41, 5.74) is 6.14. The van der Waals surface area contributed by atoms with Crippen LogP contribution in [0.25, 0.3) is 33.4 Å². The van der Waals surface area contributed by atoms with Crippen LogP contribution >= 0.6 is 0 Å². The average Bonchev–Trinajstić information content (AvgIpc) is 3.75. The van der Waals surface area contributed by atoms with Crippen molar-refractivity contribution in [1.29, 1.82) is 0 Å². The second-order valence-corrected chi connectivity index (χ2v) is 24.1. The number of nitro benzene ring substituents is 3. The van der Waals surface area contributed by atoms with E-state index in [0.29, 0.717) is 19.8 Å². The molecule has 0 fully saturated rings. The maximum absolute atomic E-state index is 11.0. The van der Waals surface area contributed by atoms with Crippen LogP contribution in [0, 0.1) is 30.3 Å². The Labute approximate surface area is 525 Å². The van der Waals surface area contributed by atoms with Gasteiger partial charge >= 0.3 is 0 Å². The Kier molecular flexibility index (Phi) is 33.3. The molecule has 0 atom stereocenters. The first-order valence-corrected chi connectivity index (χ1v) is 33.5. The zero-order valence-electron chi connectivity index (χ0n) is 52.6. The van der Waals surface area contributed by atoms with Gasteiger partial charge in [-0.05, 0) is 164 Å². The third kappa shape index (κ3) is 27.5. The molecule has 0 saturated heterocycles. The molecule has 0 heterocycles. The van der Waals surface area contributed by atoms with Crippen molar-refractivity contribution in [3.63, 3.8) is 0 Å². The molecule has 6 aromatic carbocycles. The standard InChI is InChI=1S/C74H101N4O10/c79-59-58-78(55-25-19-13-7-1-4-10-16-22-28-60-86-72-49-37-66(38-50-72)63-31-43-69(44-32-63)75(80)81,56-26-20-14-8-2-5-11-17-23-29-61-87-73-51-39-67(40-52-73)64-33-45-70(46-34-64)76(82)83)57-27-21-15-9-3-6-12-18-24-30-62-88-74-53-41-68(42-54-74)65-35-47-71(48-36-65)77(84)85/h31-54,79H,1-30,55-62H2/q+1. The lowest BCUT2D eigenvalue weighted by Crippen LogP contribution is -2.51. The van der Waals surface area contributed by atoms with Crippen molar-refractivity contribution in [2.24, 2.45) is 0 Å². The molecule has 0 amide bonds. The summed E-state index contributed by atoms with van der Waals surface area (Å²) in [6, 6.07) is 43.7. The number of ether oxygens (including phenoxy) is 3. The molecule has 6 aromatic rings. The quantitative estimate of drug-likeness (QED) is 0.0167. The van der Waals surface area contributed by atoms with Gasteiger partial charge in [0, 0.05) is 36.4 Å². The molecule has 0 aromatic heterocycles. The molecule has 14 nitrogen and oxygen atoms in total. The van der Waals surface area contributed by atoms with Gasteiger partial charge in [-0.3, -0.25) is 30.3 Å². The third-order valence-electron chi connectivity index (χ3n) is 17.3. The second kappa shape index (κ2) is 41.9. The van der Waals surface area contributed by atoms with Crippen LogP contribution in [0.2, 0.25) is 0 Å². The summed E-state index contributed by atoms with van der Waals surface area (Å²) in [5, 5.41) is 43.4. The van der Waals surface area contributed by atoms with Gasteiger partial charge < -0.3 is 23.8 Å². The van der Waals surface area contributed by atoms with Gasteiger partial charge in [0.15, 0.2) is 0 Å². The fourth-order valence-corrected chi connectivity index (χ4v) is 11.9.